The third kappa shape index (κ3) is 5.65. The molecule has 136 valence electrons. The van der Waals surface area contributed by atoms with Crippen LogP contribution in [0.15, 0.2) is 24.3 Å². The zero-order valence-corrected chi connectivity index (χ0v) is 15.8. The number of anilines is 1. The second kappa shape index (κ2) is 9.25. The minimum atomic E-state index is -3.30. The third-order valence-corrected chi connectivity index (χ3v) is 5.44. The normalized spacial score (nSPS) is 17.4. The number of sulfonamides is 1. The first kappa shape index (κ1) is 20.7. The fourth-order valence-electron chi connectivity index (χ4n) is 2.84. The molecule has 1 aliphatic rings. The molecule has 1 atom stereocenters. The van der Waals surface area contributed by atoms with Gasteiger partial charge in [0.1, 0.15) is 0 Å². The number of hydrogen-bond acceptors (Lipinski definition) is 4. The quantitative estimate of drug-likeness (QED) is 0.763. The molecule has 0 saturated carbocycles. The summed E-state index contributed by atoms with van der Waals surface area (Å²) in [6, 6.07) is 6.64. The first-order valence-electron chi connectivity index (χ1n) is 7.99. The fraction of sp³-hybridized carbons (Fsp3) is 0.562. The van der Waals surface area contributed by atoms with Gasteiger partial charge in [-0.3, -0.25) is 9.52 Å². The molecule has 1 aromatic carbocycles. The van der Waals surface area contributed by atoms with Crippen LogP contribution in [0.5, 0.6) is 0 Å². The van der Waals surface area contributed by atoms with E-state index < -0.39 is 10.0 Å². The highest BCUT2D eigenvalue weighted by molar-refractivity contribution is 7.92. The van der Waals surface area contributed by atoms with Crippen molar-refractivity contribution < 1.29 is 13.2 Å². The predicted octanol–water partition coefficient (Wildman–Crippen LogP) is 1.94. The lowest BCUT2D eigenvalue weighted by Crippen LogP contribution is -2.30. The van der Waals surface area contributed by atoms with Crippen LogP contribution in [0.4, 0.5) is 5.69 Å². The SMILES string of the molecule is CCCS(=O)(=O)Nc1ccc(C(=O)N2CCC(CNC)C2)cc1.Cl. The number of benzene rings is 1. The summed E-state index contributed by atoms with van der Waals surface area (Å²) in [6.07, 6.45) is 1.58. The van der Waals surface area contributed by atoms with Gasteiger partial charge in [-0.1, -0.05) is 6.92 Å². The van der Waals surface area contributed by atoms with E-state index in [4.69, 9.17) is 0 Å². The Kier molecular flexibility index (Phi) is 7.99. The van der Waals surface area contributed by atoms with Crippen molar-refractivity contribution in [3.05, 3.63) is 29.8 Å². The van der Waals surface area contributed by atoms with Gasteiger partial charge in [0, 0.05) is 24.3 Å². The Morgan fingerprint density at radius 2 is 1.96 bits per heavy atom. The summed E-state index contributed by atoms with van der Waals surface area (Å²) in [6.45, 7) is 4.28. The zero-order chi connectivity index (χ0) is 16.9. The Morgan fingerprint density at radius 3 is 2.54 bits per heavy atom. The van der Waals surface area contributed by atoms with E-state index in [9.17, 15) is 13.2 Å². The minimum Gasteiger partial charge on any atom is -0.338 e. The molecule has 0 bridgehead atoms. The Morgan fingerprint density at radius 1 is 1.29 bits per heavy atom. The lowest BCUT2D eigenvalue weighted by molar-refractivity contribution is 0.0787. The molecular weight excluding hydrogens is 350 g/mol. The second-order valence-electron chi connectivity index (χ2n) is 5.96. The zero-order valence-electron chi connectivity index (χ0n) is 14.1. The van der Waals surface area contributed by atoms with Crippen molar-refractivity contribution in [1.82, 2.24) is 10.2 Å². The lowest BCUT2D eigenvalue weighted by atomic mass is 10.1. The fourth-order valence-corrected chi connectivity index (χ4v) is 3.97. The van der Waals surface area contributed by atoms with Gasteiger partial charge in [-0.25, -0.2) is 8.42 Å². The minimum absolute atomic E-state index is 0. The highest BCUT2D eigenvalue weighted by Crippen LogP contribution is 2.19. The van der Waals surface area contributed by atoms with E-state index in [2.05, 4.69) is 10.0 Å². The van der Waals surface area contributed by atoms with Gasteiger partial charge in [0.25, 0.3) is 5.91 Å². The molecule has 1 saturated heterocycles. The molecule has 1 aliphatic heterocycles. The molecule has 0 spiro atoms. The average molecular weight is 376 g/mol. The molecule has 0 aromatic heterocycles. The van der Waals surface area contributed by atoms with Gasteiger partial charge in [-0.2, -0.15) is 0 Å². The Balaban J connectivity index is 0.00000288. The number of hydrogen-bond donors (Lipinski definition) is 2. The van der Waals surface area contributed by atoms with Gasteiger partial charge in [0.15, 0.2) is 0 Å². The van der Waals surface area contributed by atoms with Gasteiger partial charge in [-0.15, -0.1) is 12.4 Å². The van der Waals surface area contributed by atoms with Crippen LogP contribution >= 0.6 is 12.4 Å². The predicted molar refractivity (Wildman–Crippen MR) is 99.3 cm³/mol. The van der Waals surface area contributed by atoms with Crippen molar-refractivity contribution in [2.45, 2.75) is 19.8 Å². The van der Waals surface area contributed by atoms with Crippen molar-refractivity contribution >= 4 is 34.0 Å². The molecule has 0 radical (unpaired) electrons. The van der Waals surface area contributed by atoms with Crippen molar-refractivity contribution in [2.24, 2.45) is 5.92 Å². The highest BCUT2D eigenvalue weighted by Gasteiger charge is 2.26. The molecule has 1 unspecified atom stereocenters. The maximum Gasteiger partial charge on any atom is 0.253 e. The largest absolute Gasteiger partial charge is 0.338 e. The van der Waals surface area contributed by atoms with Crippen LogP contribution in [0.25, 0.3) is 0 Å². The molecule has 2 N–H and O–H groups in total. The summed E-state index contributed by atoms with van der Waals surface area (Å²) in [5.74, 6) is 0.601. The molecule has 0 aliphatic carbocycles. The van der Waals surface area contributed by atoms with Crippen LogP contribution in [0.2, 0.25) is 0 Å². The Bertz CT molecular complexity index is 634. The maximum atomic E-state index is 12.5. The molecule has 1 fully saturated rings. The number of likely N-dealkylation sites (tertiary alicyclic amines) is 1. The van der Waals surface area contributed by atoms with Crippen LogP contribution in [0.3, 0.4) is 0 Å². The molecule has 6 nitrogen and oxygen atoms in total. The van der Waals surface area contributed by atoms with Crippen LogP contribution < -0.4 is 10.0 Å². The topological polar surface area (TPSA) is 78.5 Å². The molecule has 1 aromatic rings. The summed E-state index contributed by atoms with van der Waals surface area (Å²) in [5, 5.41) is 3.15. The lowest BCUT2D eigenvalue weighted by Gasteiger charge is -2.17. The number of carbonyl (C=O) groups excluding carboxylic acids is 1. The number of amides is 1. The molecule has 8 heteroatoms. The molecule has 24 heavy (non-hydrogen) atoms. The number of rotatable bonds is 7. The number of nitrogens with one attached hydrogen (secondary N) is 2. The van der Waals surface area contributed by atoms with Crippen LogP contribution in [-0.2, 0) is 10.0 Å². The van der Waals surface area contributed by atoms with E-state index in [-0.39, 0.29) is 24.1 Å². The van der Waals surface area contributed by atoms with Gasteiger partial charge < -0.3 is 10.2 Å². The van der Waals surface area contributed by atoms with E-state index in [1.54, 1.807) is 24.3 Å². The summed E-state index contributed by atoms with van der Waals surface area (Å²) < 4.78 is 26.0. The van der Waals surface area contributed by atoms with Gasteiger partial charge in [0.05, 0.1) is 5.75 Å². The van der Waals surface area contributed by atoms with E-state index in [1.807, 2.05) is 18.9 Å². The monoisotopic (exact) mass is 375 g/mol. The summed E-state index contributed by atoms with van der Waals surface area (Å²) >= 11 is 0. The van der Waals surface area contributed by atoms with Gasteiger partial charge in [-0.05, 0) is 56.6 Å². The first-order chi connectivity index (χ1) is 10.9. The van der Waals surface area contributed by atoms with Gasteiger partial charge >= 0.3 is 0 Å². The standard InChI is InChI=1S/C16H25N3O3S.ClH/c1-3-10-23(21,22)18-15-6-4-14(5-7-15)16(20)19-9-8-13(12-19)11-17-2;/h4-7,13,17-18H,3,8-12H2,1-2H3;1H. The van der Waals surface area contributed by atoms with Crippen LogP contribution in [0, 0.1) is 5.92 Å². The molecule has 1 amide bonds. The molecular formula is C16H26ClN3O3S. The second-order valence-corrected chi connectivity index (χ2v) is 7.80. The Labute approximate surface area is 150 Å². The summed E-state index contributed by atoms with van der Waals surface area (Å²) in [4.78, 5) is 14.3. The number of carbonyl (C=O) groups is 1. The summed E-state index contributed by atoms with van der Waals surface area (Å²) in [5.41, 5.74) is 1.08. The van der Waals surface area contributed by atoms with Crippen LogP contribution in [-0.4, -0.2) is 51.7 Å². The highest BCUT2D eigenvalue weighted by atomic mass is 35.5. The number of halogens is 1. The Hall–Kier alpha value is -1.31. The van der Waals surface area contributed by atoms with Crippen molar-refractivity contribution in [2.75, 3.05) is 37.2 Å². The average Bonchev–Trinajstić information content (AvgIpc) is 2.96. The molecule has 2 rings (SSSR count). The van der Waals surface area contributed by atoms with E-state index in [0.29, 0.717) is 23.6 Å². The van der Waals surface area contributed by atoms with Crippen LogP contribution in [0.1, 0.15) is 30.1 Å². The number of nitrogens with zero attached hydrogens (tertiary/aromatic N) is 1. The first-order valence-corrected chi connectivity index (χ1v) is 9.65. The van der Waals surface area contributed by atoms with E-state index in [1.165, 1.54) is 0 Å². The van der Waals surface area contributed by atoms with Crippen molar-refractivity contribution in [1.29, 1.82) is 0 Å². The molecule has 1 heterocycles. The van der Waals surface area contributed by atoms with E-state index in [0.717, 1.165) is 26.1 Å². The van der Waals surface area contributed by atoms with Gasteiger partial charge in [0.2, 0.25) is 10.0 Å². The maximum absolute atomic E-state index is 12.5. The van der Waals surface area contributed by atoms with Crippen molar-refractivity contribution in [3.63, 3.8) is 0 Å². The third-order valence-electron chi connectivity index (χ3n) is 3.94. The van der Waals surface area contributed by atoms with E-state index >= 15 is 0 Å². The summed E-state index contributed by atoms with van der Waals surface area (Å²) in [7, 11) is -1.38. The smallest absolute Gasteiger partial charge is 0.253 e. The van der Waals surface area contributed by atoms with Crippen molar-refractivity contribution in [3.8, 4) is 0 Å².